The van der Waals surface area contributed by atoms with E-state index in [-0.39, 0.29) is 17.1 Å². The number of nitro groups is 2. The fraction of sp³-hybridized carbons (Fsp3) is 0.0435. The lowest BCUT2D eigenvalue weighted by Gasteiger charge is -2.29. The zero-order valence-electron chi connectivity index (χ0n) is 18.1. The van der Waals surface area contributed by atoms with Crippen molar-refractivity contribution in [2.24, 2.45) is 0 Å². The molecule has 0 fully saturated rings. The van der Waals surface area contributed by atoms with Crippen molar-refractivity contribution >= 4 is 19.0 Å². The van der Waals surface area contributed by atoms with Gasteiger partial charge in [-0.25, -0.2) is 4.98 Å². The summed E-state index contributed by atoms with van der Waals surface area (Å²) in [6, 6.07) is 19.4. The van der Waals surface area contributed by atoms with Gasteiger partial charge in [0, 0.05) is 42.6 Å². The molecule has 0 unspecified atom stereocenters. The molecule has 0 atom stereocenters. The first-order valence-corrected chi connectivity index (χ1v) is 11.8. The lowest BCUT2D eigenvalue weighted by molar-refractivity contribution is -0.600. The van der Waals surface area contributed by atoms with E-state index in [2.05, 4.69) is 4.98 Å². The first-order valence-electron chi connectivity index (χ1n) is 10.1. The number of H-pyrrole nitrogens is 1. The summed E-state index contributed by atoms with van der Waals surface area (Å²) in [4.78, 5) is 44.2. The number of hydrogen-bond donors (Lipinski definition) is 0. The van der Waals surface area contributed by atoms with Gasteiger partial charge in [0.2, 0.25) is 0 Å². The van der Waals surface area contributed by atoms with Gasteiger partial charge in [-0.3, -0.25) is 20.2 Å². The van der Waals surface area contributed by atoms with Gasteiger partial charge in [0.05, 0.1) is 9.85 Å². The number of nitrogens with zero attached hydrogens (tertiary/aromatic N) is 3. The van der Waals surface area contributed by atoms with Crippen LogP contribution in [0.15, 0.2) is 97.6 Å². The van der Waals surface area contributed by atoms with Crippen molar-refractivity contribution in [3.8, 4) is 16.8 Å². The predicted octanol–water partition coefficient (Wildman–Crippen LogP) is 2.36. The van der Waals surface area contributed by atoms with Crippen LogP contribution in [0.2, 0.25) is 0 Å². The molecule has 0 aliphatic rings. The van der Waals surface area contributed by atoms with Crippen molar-refractivity contribution in [3.05, 3.63) is 123 Å². The maximum atomic E-state index is 11.2. The fourth-order valence-corrected chi connectivity index (χ4v) is 3.81. The third-order valence-electron chi connectivity index (χ3n) is 4.74. The summed E-state index contributed by atoms with van der Waals surface area (Å²) in [5.74, 6) is 0. The zero-order valence-corrected chi connectivity index (χ0v) is 19.0. The van der Waals surface area contributed by atoms with E-state index in [1.54, 1.807) is 59.7 Å². The number of rotatable bonds is 6. The highest BCUT2D eigenvalue weighted by atomic mass is 31.2. The minimum absolute atomic E-state index is 0.263. The van der Waals surface area contributed by atoms with E-state index in [0.29, 0.717) is 5.56 Å². The highest BCUT2D eigenvalue weighted by Gasteiger charge is 2.26. The van der Waals surface area contributed by atoms with E-state index in [0.717, 1.165) is 17.2 Å². The normalized spacial score (nSPS) is 10.7. The molecule has 12 heteroatoms. The quantitative estimate of drug-likeness (QED) is 0.172. The SMILES string of the molecule is O=P([O-])([O-])Cc1ccccc1.O=[N+]([O-])c1ccc(-[n+]2ccc(-c3cc[nH+]cc3)cc2)c([N+](=O)[O-])c1. The van der Waals surface area contributed by atoms with Gasteiger partial charge in [0.25, 0.3) is 11.4 Å². The first kappa shape index (κ1) is 25.3. The molecule has 0 saturated carbocycles. The van der Waals surface area contributed by atoms with Crippen LogP contribution in [0, 0.1) is 20.2 Å². The Hall–Kier alpha value is -4.31. The third kappa shape index (κ3) is 7.34. The monoisotopic (exact) mass is 494 g/mol. The Kier molecular flexibility index (Phi) is 8.11. The Morgan fingerprint density at radius 1 is 0.800 bits per heavy atom. The van der Waals surface area contributed by atoms with E-state index in [1.807, 2.05) is 24.3 Å². The fourth-order valence-electron chi connectivity index (χ4n) is 3.16. The van der Waals surface area contributed by atoms with Gasteiger partial charge in [-0.15, -0.1) is 0 Å². The molecule has 0 aliphatic heterocycles. The van der Waals surface area contributed by atoms with Crippen LogP contribution < -0.4 is 19.3 Å². The molecule has 0 spiro atoms. The molecule has 0 radical (unpaired) electrons. The van der Waals surface area contributed by atoms with Crippen LogP contribution in [-0.4, -0.2) is 9.85 Å². The molecule has 0 amide bonds. The van der Waals surface area contributed by atoms with Gasteiger partial charge in [0.15, 0.2) is 24.8 Å². The van der Waals surface area contributed by atoms with Crippen LogP contribution in [0.4, 0.5) is 11.4 Å². The van der Waals surface area contributed by atoms with Crippen LogP contribution >= 0.6 is 7.60 Å². The summed E-state index contributed by atoms with van der Waals surface area (Å²) in [5.41, 5.74) is 2.11. The van der Waals surface area contributed by atoms with E-state index in [4.69, 9.17) is 0 Å². The van der Waals surface area contributed by atoms with E-state index >= 15 is 0 Å². The number of nitrogens with one attached hydrogen (secondary N) is 1. The number of nitro benzene ring substituents is 2. The molecular weight excluding hydrogens is 475 g/mol. The maximum absolute atomic E-state index is 11.2. The van der Waals surface area contributed by atoms with Crippen molar-refractivity contribution < 1.29 is 33.7 Å². The minimum atomic E-state index is -4.39. The molecule has 0 aliphatic carbocycles. The molecule has 1 N–H and O–H groups in total. The van der Waals surface area contributed by atoms with Crippen molar-refractivity contribution in [1.82, 2.24) is 0 Å². The minimum Gasteiger partial charge on any atom is -0.810 e. The largest absolute Gasteiger partial charge is 0.810 e. The summed E-state index contributed by atoms with van der Waals surface area (Å²) < 4.78 is 11.8. The van der Waals surface area contributed by atoms with E-state index in [1.165, 1.54) is 12.1 Å². The Morgan fingerprint density at radius 3 is 1.94 bits per heavy atom. The van der Waals surface area contributed by atoms with Crippen molar-refractivity contribution in [3.63, 3.8) is 0 Å². The summed E-state index contributed by atoms with van der Waals surface area (Å²) in [5, 5.41) is 22.0. The molecule has 35 heavy (non-hydrogen) atoms. The number of aromatic amines is 1. The highest BCUT2D eigenvalue weighted by molar-refractivity contribution is 7.47. The van der Waals surface area contributed by atoms with Gasteiger partial charge in [-0.05, 0) is 16.7 Å². The predicted molar refractivity (Wildman–Crippen MR) is 121 cm³/mol. The zero-order chi connectivity index (χ0) is 25.4. The lowest BCUT2D eigenvalue weighted by Crippen LogP contribution is -2.30. The Morgan fingerprint density at radius 2 is 1.40 bits per heavy atom. The molecule has 2 aromatic carbocycles. The number of pyridine rings is 2. The average molecular weight is 494 g/mol. The summed E-state index contributed by atoms with van der Waals surface area (Å²) in [6.45, 7) is 0. The molecule has 178 valence electrons. The molecule has 0 bridgehead atoms. The van der Waals surface area contributed by atoms with Gasteiger partial charge in [0.1, 0.15) is 6.07 Å². The van der Waals surface area contributed by atoms with E-state index < -0.39 is 23.6 Å². The number of aromatic nitrogens is 2. The molecule has 4 rings (SSSR count). The maximum Gasteiger partial charge on any atom is 0.347 e. The van der Waals surface area contributed by atoms with Crippen LogP contribution in [0.3, 0.4) is 0 Å². The molecular formula is C23H19N4O7P. The molecule has 0 saturated heterocycles. The van der Waals surface area contributed by atoms with Crippen LogP contribution in [0.5, 0.6) is 0 Å². The standard InChI is InChI=1S/C16H11N4O4.C7H9O3P/c21-19(22)14-1-2-15(16(11-14)20(23)24)18-9-5-13(6-10-18)12-3-7-17-8-4-12;8-11(9,10)6-7-4-2-1-3-5-7/h1-11H;1-5H,6H2,(H2,8,9,10)/q+1;/p-1. The second kappa shape index (κ2) is 11.2. The molecule has 2 heterocycles. The summed E-state index contributed by atoms with van der Waals surface area (Å²) >= 11 is 0. The Bertz CT molecular complexity index is 1360. The third-order valence-corrected chi connectivity index (χ3v) is 5.50. The smallest absolute Gasteiger partial charge is 0.347 e. The van der Waals surface area contributed by atoms with Gasteiger partial charge < -0.3 is 14.4 Å². The van der Waals surface area contributed by atoms with Crippen LogP contribution in [-0.2, 0) is 10.7 Å². The molecule has 2 aromatic heterocycles. The molecule has 4 aromatic rings. The topological polar surface area (TPSA) is 167 Å². The van der Waals surface area contributed by atoms with Crippen molar-refractivity contribution in [2.75, 3.05) is 0 Å². The van der Waals surface area contributed by atoms with Gasteiger partial charge in [-0.2, -0.15) is 4.57 Å². The lowest BCUT2D eigenvalue weighted by atomic mass is 10.1. The number of hydrogen-bond acceptors (Lipinski definition) is 7. The number of non-ortho nitro benzene ring substituents is 1. The summed E-state index contributed by atoms with van der Waals surface area (Å²) in [6.07, 6.45) is 6.57. The number of benzene rings is 2. The van der Waals surface area contributed by atoms with E-state index in [9.17, 15) is 34.6 Å². The Labute approximate surface area is 199 Å². The first-order chi connectivity index (χ1) is 16.6. The molecule has 11 nitrogen and oxygen atoms in total. The van der Waals surface area contributed by atoms with Crippen molar-refractivity contribution in [2.45, 2.75) is 6.16 Å². The average Bonchev–Trinajstić information content (AvgIpc) is 2.84. The highest BCUT2D eigenvalue weighted by Crippen LogP contribution is 2.28. The van der Waals surface area contributed by atoms with Crippen LogP contribution in [0.1, 0.15) is 5.56 Å². The van der Waals surface area contributed by atoms with Crippen LogP contribution in [0.25, 0.3) is 16.8 Å². The second-order valence-corrected chi connectivity index (χ2v) is 8.76. The van der Waals surface area contributed by atoms with Gasteiger partial charge >= 0.3 is 5.69 Å². The van der Waals surface area contributed by atoms with Crippen molar-refractivity contribution in [1.29, 1.82) is 0 Å². The summed E-state index contributed by atoms with van der Waals surface area (Å²) in [7, 11) is -4.39. The second-order valence-electron chi connectivity index (χ2n) is 7.22. The van der Waals surface area contributed by atoms with Gasteiger partial charge in [-0.1, -0.05) is 37.9 Å². The Balaban J connectivity index is 0.000000261.